The molecule has 1 aromatic rings. The van der Waals surface area contributed by atoms with Gasteiger partial charge in [0.1, 0.15) is 12.0 Å². The van der Waals surface area contributed by atoms with E-state index < -0.39 is 0 Å². The zero-order valence-electron chi connectivity index (χ0n) is 8.44. The van der Waals surface area contributed by atoms with Crippen LogP contribution in [0.2, 0.25) is 0 Å². The van der Waals surface area contributed by atoms with Gasteiger partial charge >= 0.3 is 5.97 Å². The van der Waals surface area contributed by atoms with E-state index in [2.05, 4.69) is 13.8 Å². The Morgan fingerprint density at radius 2 is 1.86 bits per heavy atom. The molecule has 1 aliphatic rings. The lowest BCUT2D eigenvalue weighted by Crippen LogP contribution is -2.41. The van der Waals surface area contributed by atoms with Crippen molar-refractivity contribution in [3.05, 3.63) is 35.9 Å². The third kappa shape index (κ3) is 1.41. The van der Waals surface area contributed by atoms with Crippen LogP contribution in [0.4, 0.5) is 0 Å². The second kappa shape index (κ2) is 3.45. The Kier molecular flexibility index (Phi) is 2.28. The molecule has 0 saturated carbocycles. The number of carbonyl (C=O) groups is 1. The van der Waals surface area contributed by atoms with Crippen LogP contribution in [0, 0.1) is 11.8 Å². The van der Waals surface area contributed by atoms with Gasteiger partial charge in [-0.05, 0) is 11.5 Å². The van der Waals surface area contributed by atoms with Crippen molar-refractivity contribution >= 4 is 5.97 Å². The summed E-state index contributed by atoms with van der Waals surface area (Å²) in [5.74, 6) is 0.327. The molecule has 0 N–H and O–H groups in total. The summed E-state index contributed by atoms with van der Waals surface area (Å²) in [5, 5.41) is 0. The minimum Gasteiger partial charge on any atom is -0.456 e. The van der Waals surface area contributed by atoms with Gasteiger partial charge in [-0.3, -0.25) is 4.79 Å². The highest BCUT2D eigenvalue weighted by molar-refractivity contribution is 5.79. The molecular formula is C12H14O2. The Bertz CT molecular complexity index is 329. The number of hydrogen-bond acceptors (Lipinski definition) is 2. The summed E-state index contributed by atoms with van der Waals surface area (Å²) in [4.78, 5) is 11.2. The largest absolute Gasteiger partial charge is 0.456 e. The molecule has 0 spiro atoms. The van der Waals surface area contributed by atoms with Gasteiger partial charge in [-0.1, -0.05) is 44.2 Å². The Labute approximate surface area is 83.9 Å². The number of cyclic esters (lactones) is 1. The summed E-state index contributed by atoms with van der Waals surface area (Å²) < 4.78 is 5.16. The molecule has 0 radical (unpaired) electrons. The zero-order valence-corrected chi connectivity index (χ0v) is 8.44. The Morgan fingerprint density at radius 3 is 2.36 bits per heavy atom. The number of esters is 1. The predicted octanol–water partition coefficient (Wildman–Crippen LogP) is 2.56. The van der Waals surface area contributed by atoms with Crippen LogP contribution in [0.1, 0.15) is 25.5 Å². The van der Waals surface area contributed by atoms with Gasteiger partial charge in [0.25, 0.3) is 0 Å². The van der Waals surface area contributed by atoms with Gasteiger partial charge in [0.15, 0.2) is 0 Å². The number of ether oxygens (including phenoxy) is 1. The lowest BCUT2D eigenvalue weighted by atomic mass is 9.82. The van der Waals surface area contributed by atoms with Crippen LogP contribution in [0.15, 0.2) is 30.3 Å². The van der Waals surface area contributed by atoms with Crippen molar-refractivity contribution in [1.82, 2.24) is 0 Å². The fraction of sp³-hybridized carbons (Fsp3) is 0.417. The molecule has 1 aromatic carbocycles. The Hall–Kier alpha value is -1.31. The predicted molar refractivity (Wildman–Crippen MR) is 53.6 cm³/mol. The van der Waals surface area contributed by atoms with Gasteiger partial charge in [0, 0.05) is 0 Å². The van der Waals surface area contributed by atoms with Crippen LogP contribution in [-0.2, 0) is 9.53 Å². The fourth-order valence-corrected chi connectivity index (χ4v) is 1.87. The van der Waals surface area contributed by atoms with E-state index >= 15 is 0 Å². The molecule has 0 amide bonds. The van der Waals surface area contributed by atoms with Gasteiger partial charge in [-0.15, -0.1) is 0 Å². The molecule has 0 unspecified atom stereocenters. The summed E-state index contributed by atoms with van der Waals surface area (Å²) in [6.07, 6.45) is -0.0244. The summed E-state index contributed by atoms with van der Waals surface area (Å²) in [6.45, 7) is 4.11. The summed E-state index contributed by atoms with van der Waals surface area (Å²) >= 11 is 0. The topological polar surface area (TPSA) is 26.3 Å². The molecule has 0 aliphatic carbocycles. The van der Waals surface area contributed by atoms with Crippen molar-refractivity contribution in [1.29, 1.82) is 0 Å². The highest BCUT2D eigenvalue weighted by Crippen LogP contribution is 2.40. The van der Waals surface area contributed by atoms with Crippen molar-refractivity contribution in [2.45, 2.75) is 20.0 Å². The molecule has 2 heteroatoms. The average molecular weight is 190 g/mol. The van der Waals surface area contributed by atoms with Gasteiger partial charge in [-0.2, -0.15) is 0 Å². The first-order valence-corrected chi connectivity index (χ1v) is 4.95. The molecule has 74 valence electrons. The molecule has 0 bridgehead atoms. The van der Waals surface area contributed by atoms with Crippen molar-refractivity contribution in [3.8, 4) is 0 Å². The number of carbonyl (C=O) groups excluding carboxylic acids is 1. The average Bonchev–Trinajstić information content (AvgIpc) is 2.14. The number of hydrogen-bond donors (Lipinski definition) is 0. The van der Waals surface area contributed by atoms with E-state index in [0.29, 0.717) is 5.92 Å². The third-order valence-corrected chi connectivity index (χ3v) is 2.69. The smallest absolute Gasteiger partial charge is 0.313 e. The minimum atomic E-state index is -0.0612. The van der Waals surface area contributed by atoms with Gasteiger partial charge in [0.05, 0.1) is 0 Å². The fourth-order valence-electron chi connectivity index (χ4n) is 1.87. The first kappa shape index (κ1) is 9.25. The highest BCUT2D eigenvalue weighted by Gasteiger charge is 2.44. The van der Waals surface area contributed by atoms with Crippen LogP contribution >= 0.6 is 0 Å². The molecule has 1 aliphatic heterocycles. The zero-order chi connectivity index (χ0) is 10.1. The summed E-state index contributed by atoms with van der Waals surface area (Å²) in [5.41, 5.74) is 1.10. The first-order valence-electron chi connectivity index (χ1n) is 4.95. The quantitative estimate of drug-likeness (QED) is 0.670. The molecule has 2 rings (SSSR count). The first-order chi connectivity index (χ1) is 6.70. The van der Waals surface area contributed by atoms with Gasteiger partial charge in [-0.25, -0.2) is 0 Å². The molecule has 2 nitrogen and oxygen atoms in total. The van der Waals surface area contributed by atoms with Crippen molar-refractivity contribution in [2.75, 3.05) is 0 Å². The SMILES string of the molecule is CC(C)[C@@H]1C(=O)O[C@@H]1c1ccccc1. The molecule has 2 atom stereocenters. The van der Waals surface area contributed by atoms with Crippen LogP contribution < -0.4 is 0 Å². The van der Waals surface area contributed by atoms with Crippen LogP contribution in [0.5, 0.6) is 0 Å². The van der Waals surface area contributed by atoms with E-state index in [1.807, 2.05) is 30.3 Å². The lowest BCUT2D eigenvalue weighted by Gasteiger charge is -2.37. The van der Waals surface area contributed by atoms with Crippen LogP contribution in [-0.4, -0.2) is 5.97 Å². The van der Waals surface area contributed by atoms with Gasteiger partial charge in [0.2, 0.25) is 0 Å². The monoisotopic (exact) mass is 190 g/mol. The van der Waals surface area contributed by atoms with E-state index in [4.69, 9.17) is 4.74 Å². The molecule has 1 saturated heterocycles. The maximum atomic E-state index is 11.2. The lowest BCUT2D eigenvalue weighted by molar-refractivity contribution is -0.190. The van der Waals surface area contributed by atoms with Crippen LogP contribution in [0.3, 0.4) is 0 Å². The van der Waals surface area contributed by atoms with E-state index in [-0.39, 0.29) is 18.0 Å². The van der Waals surface area contributed by atoms with Crippen molar-refractivity contribution < 1.29 is 9.53 Å². The normalized spacial score (nSPS) is 25.8. The van der Waals surface area contributed by atoms with E-state index in [1.165, 1.54) is 0 Å². The summed E-state index contributed by atoms with van der Waals surface area (Å²) in [6, 6.07) is 9.92. The second-order valence-corrected chi connectivity index (χ2v) is 4.04. The van der Waals surface area contributed by atoms with Gasteiger partial charge < -0.3 is 4.74 Å². The number of rotatable bonds is 2. The minimum absolute atomic E-state index is 0.0244. The Balaban J connectivity index is 2.18. The molecule has 0 aromatic heterocycles. The van der Waals surface area contributed by atoms with E-state index in [1.54, 1.807) is 0 Å². The number of benzene rings is 1. The molecule has 1 fully saturated rings. The Morgan fingerprint density at radius 1 is 1.21 bits per heavy atom. The van der Waals surface area contributed by atoms with Crippen molar-refractivity contribution in [2.24, 2.45) is 11.8 Å². The summed E-state index contributed by atoms with van der Waals surface area (Å²) in [7, 11) is 0. The molecule has 14 heavy (non-hydrogen) atoms. The second-order valence-electron chi connectivity index (χ2n) is 4.04. The molecular weight excluding hydrogens is 176 g/mol. The maximum absolute atomic E-state index is 11.2. The standard InChI is InChI=1S/C12H14O2/c1-8(2)10-11(14-12(10)13)9-6-4-3-5-7-9/h3-8,10-11H,1-2H3/t10-,11+/m0/s1. The van der Waals surface area contributed by atoms with E-state index in [9.17, 15) is 4.79 Å². The van der Waals surface area contributed by atoms with Crippen LogP contribution in [0.25, 0.3) is 0 Å². The maximum Gasteiger partial charge on any atom is 0.313 e. The molecule has 1 heterocycles. The van der Waals surface area contributed by atoms with Crippen molar-refractivity contribution in [3.63, 3.8) is 0 Å². The third-order valence-electron chi connectivity index (χ3n) is 2.69. The van der Waals surface area contributed by atoms with E-state index in [0.717, 1.165) is 5.56 Å². The highest BCUT2D eigenvalue weighted by atomic mass is 16.6.